The number of likely N-dealkylation sites (tertiary alicyclic amines) is 1. The summed E-state index contributed by atoms with van der Waals surface area (Å²) >= 11 is 6.12. The molecule has 23 heavy (non-hydrogen) atoms. The van der Waals surface area contributed by atoms with Gasteiger partial charge in [0.1, 0.15) is 5.60 Å². The van der Waals surface area contributed by atoms with Crippen molar-refractivity contribution in [3.8, 4) is 12.3 Å². The number of hydrogen-bond donors (Lipinski definition) is 2. The lowest BCUT2D eigenvalue weighted by molar-refractivity contribution is -0.127. The van der Waals surface area contributed by atoms with Crippen LogP contribution in [0.25, 0.3) is 0 Å². The van der Waals surface area contributed by atoms with Gasteiger partial charge in [-0.25, -0.2) is 0 Å². The van der Waals surface area contributed by atoms with Gasteiger partial charge in [-0.2, -0.15) is 0 Å². The van der Waals surface area contributed by atoms with Crippen molar-refractivity contribution in [2.45, 2.75) is 25.4 Å². The fraction of sp³-hybridized carbons (Fsp3) is 0.500. The van der Waals surface area contributed by atoms with Crippen LogP contribution in [-0.4, -0.2) is 42.1 Å². The van der Waals surface area contributed by atoms with E-state index in [-0.39, 0.29) is 18.4 Å². The minimum atomic E-state index is -1.20. The van der Waals surface area contributed by atoms with Crippen LogP contribution in [0.15, 0.2) is 24.3 Å². The molecule has 1 aromatic rings. The smallest absolute Gasteiger partial charge is 0.223 e. The molecule has 2 N–H and O–H groups in total. The third-order valence-corrected chi connectivity index (χ3v) is 4.66. The average Bonchev–Trinajstić information content (AvgIpc) is 2.54. The number of amides is 1. The minimum Gasteiger partial charge on any atom is -0.384 e. The van der Waals surface area contributed by atoms with E-state index in [0.717, 1.165) is 25.9 Å². The molecule has 0 aliphatic carbocycles. The van der Waals surface area contributed by atoms with Gasteiger partial charge in [-0.15, -0.1) is 6.42 Å². The van der Waals surface area contributed by atoms with Crippen LogP contribution in [0.4, 0.5) is 0 Å². The second-order valence-electron chi connectivity index (χ2n) is 6.23. The highest BCUT2D eigenvalue weighted by Gasteiger charge is 2.29. The van der Waals surface area contributed by atoms with Crippen molar-refractivity contribution in [2.24, 2.45) is 5.92 Å². The maximum Gasteiger partial charge on any atom is 0.223 e. The number of carbonyl (C=O) groups is 1. The predicted molar refractivity (Wildman–Crippen MR) is 92.0 cm³/mol. The molecule has 1 aliphatic rings. The first-order chi connectivity index (χ1) is 10.9. The van der Waals surface area contributed by atoms with E-state index >= 15 is 0 Å². The van der Waals surface area contributed by atoms with Gasteiger partial charge in [0.15, 0.2) is 0 Å². The van der Waals surface area contributed by atoms with Gasteiger partial charge in [0.25, 0.3) is 0 Å². The van der Waals surface area contributed by atoms with Crippen molar-refractivity contribution in [3.63, 3.8) is 0 Å². The van der Waals surface area contributed by atoms with Crippen LogP contribution in [-0.2, 0) is 10.4 Å². The third-order valence-electron chi connectivity index (χ3n) is 4.33. The van der Waals surface area contributed by atoms with E-state index in [9.17, 15) is 9.90 Å². The Labute approximate surface area is 142 Å². The van der Waals surface area contributed by atoms with E-state index in [1.54, 1.807) is 19.1 Å². The van der Waals surface area contributed by atoms with Crippen LogP contribution in [0.1, 0.15) is 25.3 Å². The number of nitrogens with one attached hydrogen (secondary N) is 1. The van der Waals surface area contributed by atoms with Gasteiger partial charge in [-0.05, 0) is 38.9 Å². The SMILES string of the molecule is C#CCN1CCC(C(=O)NC[C@](C)(O)c2ccccc2Cl)CC1. The van der Waals surface area contributed by atoms with Crippen LogP contribution >= 0.6 is 11.6 Å². The standard InChI is InChI=1S/C18H23ClN2O2/c1-3-10-21-11-8-14(9-12-21)17(22)20-13-18(2,23)15-6-4-5-7-16(15)19/h1,4-7,14,23H,8-13H2,2H3,(H,20,22)/t18-/m0/s1. The number of hydrogen-bond acceptors (Lipinski definition) is 3. The number of halogens is 1. The molecule has 1 atom stereocenters. The zero-order chi connectivity index (χ0) is 16.9. The van der Waals surface area contributed by atoms with Crippen LogP contribution in [0.2, 0.25) is 5.02 Å². The first-order valence-electron chi connectivity index (χ1n) is 7.85. The Bertz CT molecular complexity index is 587. The molecule has 124 valence electrons. The fourth-order valence-corrected chi connectivity index (χ4v) is 3.22. The molecule has 1 aromatic carbocycles. The highest BCUT2D eigenvalue weighted by atomic mass is 35.5. The number of terminal acetylenes is 1. The lowest BCUT2D eigenvalue weighted by Crippen LogP contribution is -2.44. The van der Waals surface area contributed by atoms with E-state index in [1.807, 2.05) is 12.1 Å². The van der Waals surface area contributed by atoms with Crippen molar-refractivity contribution in [1.29, 1.82) is 0 Å². The Hall–Kier alpha value is -1.54. The first kappa shape index (κ1) is 17.8. The molecule has 0 unspecified atom stereocenters. The first-order valence-corrected chi connectivity index (χ1v) is 8.23. The molecule has 0 saturated carbocycles. The number of piperidine rings is 1. The van der Waals surface area contributed by atoms with Crippen molar-refractivity contribution >= 4 is 17.5 Å². The maximum atomic E-state index is 12.3. The Balaban J connectivity index is 1.87. The summed E-state index contributed by atoms with van der Waals surface area (Å²) in [5.74, 6) is 2.59. The zero-order valence-electron chi connectivity index (χ0n) is 13.4. The van der Waals surface area contributed by atoms with Gasteiger partial charge in [0.05, 0.1) is 13.1 Å². The van der Waals surface area contributed by atoms with Gasteiger partial charge >= 0.3 is 0 Å². The van der Waals surface area contributed by atoms with Crippen LogP contribution in [0.3, 0.4) is 0 Å². The Morgan fingerprint density at radius 3 is 2.74 bits per heavy atom. The predicted octanol–water partition coefficient (Wildman–Crippen LogP) is 2.01. The summed E-state index contributed by atoms with van der Waals surface area (Å²) in [6, 6.07) is 7.13. The van der Waals surface area contributed by atoms with Crippen molar-refractivity contribution in [3.05, 3.63) is 34.9 Å². The fourth-order valence-electron chi connectivity index (χ4n) is 2.88. The summed E-state index contributed by atoms with van der Waals surface area (Å²) in [5, 5.41) is 13.9. The number of benzene rings is 1. The molecule has 1 fully saturated rings. The van der Waals surface area contributed by atoms with Gasteiger partial charge < -0.3 is 10.4 Å². The molecule has 0 aromatic heterocycles. The van der Waals surface area contributed by atoms with Crippen molar-refractivity contribution in [2.75, 3.05) is 26.2 Å². The lowest BCUT2D eigenvalue weighted by Gasteiger charge is -2.31. The maximum absolute atomic E-state index is 12.3. The van der Waals surface area contributed by atoms with Gasteiger partial charge in [-0.1, -0.05) is 35.7 Å². The van der Waals surface area contributed by atoms with Gasteiger partial charge in [0.2, 0.25) is 5.91 Å². The Kier molecular flexibility index (Phi) is 6.06. The lowest BCUT2D eigenvalue weighted by atomic mass is 9.93. The van der Waals surface area contributed by atoms with E-state index in [4.69, 9.17) is 18.0 Å². The molecule has 1 saturated heterocycles. The molecule has 0 spiro atoms. The Morgan fingerprint density at radius 1 is 1.48 bits per heavy atom. The summed E-state index contributed by atoms with van der Waals surface area (Å²) in [4.78, 5) is 14.5. The number of rotatable bonds is 5. The van der Waals surface area contributed by atoms with Gasteiger partial charge in [-0.3, -0.25) is 9.69 Å². The quantitative estimate of drug-likeness (QED) is 0.810. The largest absolute Gasteiger partial charge is 0.384 e. The van der Waals surface area contributed by atoms with Crippen molar-refractivity contribution in [1.82, 2.24) is 10.2 Å². The summed E-state index contributed by atoms with van der Waals surface area (Å²) in [7, 11) is 0. The van der Waals surface area contributed by atoms with Crippen molar-refractivity contribution < 1.29 is 9.90 Å². The number of carbonyl (C=O) groups excluding carboxylic acids is 1. The zero-order valence-corrected chi connectivity index (χ0v) is 14.1. The molecule has 1 aliphatic heterocycles. The topological polar surface area (TPSA) is 52.6 Å². The highest BCUT2D eigenvalue weighted by Crippen LogP contribution is 2.27. The molecule has 1 heterocycles. The molecular formula is C18H23ClN2O2. The molecular weight excluding hydrogens is 312 g/mol. The highest BCUT2D eigenvalue weighted by molar-refractivity contribution is 6.31. The molecule has 1 amide bonds. The van der Waals surface area contributed by atoms with E-state index in [1.165, 1.54) is 0 Å². The third kappa shape index (κ3) is 4.71. The number of aliphatic hydroxyl groups is 1. The van der Waals surface area contributed by atoms with E-state index < -0.39 is 5.60 Å². The molecule has 0 radical (unpaired) electrons. The number of nitrogens with zero attached hydrogens (tertiary/aromatic N) is 1. The normalized spacial score (nSPS) is 18.9. The monoisotopic (exact) mass is 334 g/mol. The summed E-state index contributed by atoms with van der Waals surface area (Å²) < 4.78 is 0. The van der Waals surface area contributed by atoms with Crippen LogP contribution in [0, 0.1) is 18.3 Å². The average molecular weight is 335 g/mol. The second kappa shape index (κ2) is 7.83. The van der Waals surface area contributed by atoms with Crippen LogP contribution in [0.5, 0.6) is 0 Å². The van der Waals surface area contributed by atoms with Crippen LogP contribution < -0.4 is 5.32 Å². The van der Waals surface area contributed by atoms with E-state index in [0.29, 0.717) is 17.1 Å². The summed E-state index contributed by atoms with van der Waals surface area (Å²) in [5.41, 5.74) is -0.580. The summed E-state index contributed by atoms with van der Waals surface area (Å²) in [6.45, 7) is 4.10. The van der Waals surface area contributed by atoms with E-state index in [2.05, 4.69) is 16.1 Å². The Morgan fingerprint density at radius 2 is 2.13 bits per heavy atom. The molecule has 0 bridgehead atoms. The molecule has 4 nitrogen and oxygen atoms in total. The second-order valence-corrected chi connectivity index (χ2v) is 6.63. The summed E-state index contributed by atoms with van der Waals surface area (Å²) in [6.07, 6.45) is 6.89. The minimum absolute atomic E-state index is 0.0160. The molecule has 5 heteroatoms. The van der Waals surface area contributed by atoms with Gasteiger partial charge in [0, 0.05) is 16.5 Å². The molecule has 2 rings (SSSR count).